The molecule has 0 saturated heterocycles. The molecule has 138 valence electrons. The summed E-state index contributed by atoms with van der Waals surface area (Å²) in [5.41, 5.74) is 7.21. The Bertz CT molecular complexity index is 563. The highest BCUT2D eigenvalue weighted by molar-refractivity contribution is 5.61. The molecule has 0 saturated carbocycles. The summed E-state index contributed by atoms with van der Waals surface area (Å²) >= 11 is 0. The first-order valence-corrected chi connectivity index (χ1v) is 9.36. The number of nitrogens with zero attached hydrogens (tertiary/aromatic N) is 1. The van der Waals surface area contributed by atoms with Gasteiger partial charge in [-0.25, -0.2) is 0 Å². The molecule has 0 N–H and O–H groups in total. The average Bonchev–Trinajstić information content (AvgIpc) is 3.07. The molecule has 0 atom stereocenters. The van der Waals surface area contributed by atoms with Gasteiger partial charge in [0.15, 0.2) is 0 Å². The average molecular weight is 342 g/mol. The van der Waals surface area contributed by atoms with E-state index in [4.69, 9.17) is 4.74 Å². The highest BCUT2D eigenvalue weighted by Gasteiger charge is 2.23. The number of fused-ring (bicyclic) bond motifs is 1. The van der Waals surface area contributed by atoms with Crippen LogP contribution >= 0.6 is 0 Å². The van der Waals surface area contributed by atoms with Crippen molar-refractivity contribution in [1.82, 2.24) is 4.90 Å². The number of hydrogen-bond donors (Lipinski definition) is 0. The molecule has 2 heteroatoms. The third kappa shape index (κ3) is 5.98. The Morgan fingerprint density at radius 2 is 2.04 bits per heavy atom. The minimum atomic E-state index is 0.814. The Balaban J connectivity index is 0.00000151. The van der Waals surface area contributed by atoms with Gasteiger partial charge in [-0.1, -0.05) is 37.8 Å². The molecule has 0 fully saturated rings. The van der Waals surface area contributed by atoms with Gasteiger partial charge in [0.25, 0.3) is 0 Å². The molecule has 0 aromatic heterocycles. The number of likely N-dealkylation sites (N-methyl/N-ethyl adjacent to an activating group) is 1. The number of methoxy groups -OCH3 is 1. The van der Waals surface area contributed by atoms with Crippen molar-refractivity contribution in [3.8, 4) is 0 Å². The molecule has 0 spiro atoms. The lowest BCUT2D eigenvalue weighted by molar-refractivity contribution is 0.151. The van der Waals surface area contributed by atoms with Crippen LogP contribution in [0.3, 0.4) is 0 Å². The quantitative estimate of drug-likeness (QED) is 0.398. The molecular formula is C23H35NO. The van der Waals surface area contributed by atoms with Crippen molar-refractivity contribution >= 4 is 0 Å². The topological polar surface area (TPSA) is 12.5 Å². The van der Waals surface area contributed by atoms with Crippen LogP contribution in [0, 0.1) is 0 Å². The molecule has 2 nitrogen and oxygen atoms in total. The maximum atomic E-state index is 5.20. The molecule has 0 unspecified atom stereocenters. The van der Waals surface area contributed by atoms with Crippen LogP contribution in [0.25, 0.3) is 0 Å². The molecule has 0 aromatic rings. The highest BCUT2D eigenvalue weighted by Crippen LogP contribution is 2.41. The summed E-state index contributed by atoms with van der Waals surface area (Å²) in [7, 11) is 1.77. The second-order valence-corrected chi connectivity index (χ2v) is 6.25. The van der Waals surface area contributed by atoms with Crippen LogP contribution in [0.4, 0.5) is 0 Å². The van der Waals surface area contributed by atoms with Gasteiger partial charge < -0.3 is 9.64 Å². The molecule has 0 heterocycles. The largest absolute Gasteiger partial charge is 0.383 e. The fourth-order valence-electron chi connectivity index (χ4n) is 3.51. The standard InChI is InChI=1S/C21H31NO.C2H4/c1-5-8-17(3)19-9-7-10-20-18(11-12-21(19)20)13-14-22(6-2)15-16-23-4;1-2/h5,8,10-11H,3,6-7,9,12-16H2,1-2,4H3;1-2H2/b8-5-;. The van der Waals surface area contributed by atoms with Gasteiger partial charge in [-0.05, 0) is 67.0 Å². The van der Waals surface area contributed by atoms with Gasteiger partial charge in [0, 0.05) is 20.2 Å². The van der Waals surface area contributed by atoms with Crippen LogP contribution in [0.15, 0.2) is 71.9 Å². The van der Waals surface area contributed by atoms with Gasteiger partial charge in [-0.3, -0.25) is 0 Å². The van der Waals surface area contributed by atoms with E-state index in [1.807, 2.05) is 0 Å². The molecule has 0 bridgehead atoms. The van der Waals surface area contributed by atoms with E-state index >= 15 is 0 Å². The second-order valence-electron chi connectivity index (χ2n) is 6.25. The fraction of sp³-hybridized carbons (Fsp3) is 0.478. The van der Waals surface area contributed by atoms with Crippen molar-refractivity contribution in [3.63, 3.8) is 0 Å². The van der Waals surface area contributed by atoms with E-state index in [-0.39, 0.29) is 0 Å². The summed E-state index contributed by atoms with van der Waals surface area (Å²) < 4.78 is 5.20. The van der Waals surface area contributed by atoms with Crippen molar-refractivity contribution in [2.75, 3.05) is 33.4 Å². The summed E-state index contributed by atoms with van der Waals surface area (Å²) in [6.45, 7) is 18.6. The first kappa shape index (κ1) is 21.4. The van der Waals surface area contributed by atoms with Crippen LogP contribution < -0.4 is 0 Å². The van der Waals surface area contributed by atoms with Crippen molar-refractivity contribution in [1.29, 1.82) is 0 Å². The molecule has 2 aliphatic rings. The lowest BCUT2D eigenvalue weighted by Crippen LogP contribution is -2.28. The zero-order chi connectivity index (χ0) is 18.7. The summed E-state index contributed by atoms with van der Waals surface area (Å²) in [5, 5.41) is 0. The fourth-order valence-corrected chi connectivity index (χ4v) is 3.51. The van der Waals surface area contributed by atoms with Gasteiger partial charge in [0.2, 0.25) is 0 Å². The van der Waals surface area contributed by atoms with E-state index in [9.17, 15) is 0 Å². The highest BCUT2D eigenvalue weighted by atomic mass is 16.5. The molecule has 0 aliphatic heterocycles. The monoisotopic (exact) mass is 341 g/mol. The van der Waals surface area contributed by atoms with E-state index in [0.717, 1.165) is 51.9 Å². The smallest absolute Gasteiger partial charge is 0.0589 e. The van der Waals surface area contributed by atoms with E-state index < -0.39 is 0 Å². The summed E-state index contributed by atoms with van der Waals surface area (Å²) in [6, 6.07) is 0. The molecule has 2 aliphatic carbocycles. The van der Waals surface area contributed by atoms with Crippen molar-refractivity contribution in [2.24, 2.45) is 0 Å². The Hall–Kier alpha value is -1.64. The van der Waals surface area contributed by atoms with Crippen LogP contribution in [-0.2, 0) is 4.74 Å². The zero-order valence-corrected chi connectivity index (χ0v) is 16.4. The predicted molar refractivity (Wildman–Crippen MR) is 111 cm³/mol. The molecule has 0 radical (unpaired) electrons. The lowest BCUT2D eigenvalue weighted by atomic mass is 9.86. The third-order valence-electron chi connectivity index (χ3n) is 4.84. The van der Waals surface area contributed by atoms with E-state index in [2.05, 4.69) is 62.8 Å². The Morgan fingerprint density at radius 1 is 1.28 bits per heavy atom. The van der Waals surface area contributed by atoms with E-state index in [1.54, 1.807) is 7.11 Å². The number of hydrogen-bond acceptors (Lipinski definition) is 2. The molecule has 0 amide bonds. The predicted octanol–water partition coefficient (Wildman–Crippen LogP) is 5.63. The minimum Gasteiger partial charge on any atom is -0.383 e. The summed E-state index contributed by atoms with van der Waals surface area (Å²) in [4.78, 5) is 2.47. The third-order valence-corrected chi connectivity index (χ3v) is 4.84. The molecule has 2 rings (SSSR count). The van der Waals surface area contributed by atoms with Crippen LogP contribution in [0.2, 0.25) is 0 Å². The summed E-state index contributed by atoms with van der Waals surface area (Å²) in [5.74, 6) is 0. The zero-order valence-electron chi connectivity index (χ0n) is 16.4. The minimum absolute atomic E-state index is 0.814. The Kier molecular flexibility index (Phi) is 10.1. The maximum Gasteiger partial charge on any atom is 0.0589 e. The van der Waals surface area contributed by atoms with Gasteiger partial charge in [-0.15, -0.1) is 13.2 Å². The maximum absolute atomic E-state index is 5.20. The number of ether oxygens (including phenoxy) is 1. The lowest BCUT2D eigenvalue weighted by Gasteiger charge is -2.22. The number of allylic oxidation sites excluding steroid dienone is 8. The second kappa shape index (κ2) is 11.8. The van der Waals surface area contributed by atoms with Crippen molar-refractivity contribution < 1.29 is 4.74 Å². The van der Waals surface area contributed by atoms with Crippen LogP contribution in [0.5, 0.6) is 0 Å². The normalized spacial score (nSPS) is 16.5. The van der Waals surface area contributed by atoms with Gasteiger partial charge in [-0.2, -0.15) is 0 Å². The Morgan fingerprint density at radius 3 is 2.68 bits per heavy atom. The molecular weight excluding hydrogens is 306 g/mol. The van der Waals surface area contributed by atoms with E-state index in [0.29, 0.717) is 0 Å². The van der Waals surface area contributed by atoms with E-state index in [1.165, 1.54) is 27.9 Å². The number of rotatable bonds is 9. The summed E-state index contributed by atoms with van der Waals surface area (Å²) in [6.07, 6.45) is 13.6. The van der Waals surface area contributed by atoms with Gasteiger partial charge >= 0.3 is 0 Å². The van der Waals surface area contributed by atoms with Crippen LogP contribution in [-0.4, -0.2) is 38.3 Å². The van der Waals surface area contributed by atoms with Gasteiger partial charge in [0.1, 0.15) is 0 Å². The SMILES string of the molecule is C=C.C=C(/C=C\C)C1=C2CC=C(CCN(CC)CCOC)C2=CCC1. The van der Waals surface area contributed by atoms with Crippen LogP contribution in [0.1, 0.15) is 39.5 Å². The van der Waals surface area contributed by atoms with Gasteiger partial charge in [0.05, 0.1) is 6.61 Å². The molecule has 0 aromatic carbocycles. The first-order valence-electron chi connectivity index (χ1n) is 9.36. The Labute approximate surface area is 154 Å². The molecule has 25 heavy (non-hydrogen) atoms. The van der Waals surface area contributed by atoms with Crippen molar-refractivity contribution in [2.45, 2.75) is 39.5 Å². The van der Waals surface area contributed by atoms with Crippen molar-refractivity contribution in [3.05, 3.63) is 71.9 Å². The first-order chi connectivity index (χ1) is 12.2.